The Hall–Kier alpha value is -5.60. The Balaban J connectivity index is 1.23. The molecule has 0 saturated carbocycles. The fraction of sp³-hybridized carbons (Fsp3) is 0. The van der Waals surface area contributed by atoms with Crippen molar-refractivity contribution in [2.45, 2.75) is 0 Å². The van der Waals surface area contributed by atoms with E-state index in [9.17, 15) is 0 Å². The van der Waals surface area contributed by atoms with Gasteiger partial charge in [-0.05, 0) is 0 Å². The molecule has 0 aliphatic heterocycles. The van der Waals surface area contributed by atoms with Crippen LogP contribution in [0.1, 0.15) is 0 Å². The zero-order chi connectivity index (χ0) is 30.9. The summed E-state index contributed by atoms with van der Waals surface area (Å²) in [6, 6.07) is 62.4. The second kappa shape index (κ2) is 10.5. The first-order valence-corrected chi connectivity index (χ1v) is 17.7. The van der Waals surface area contributed by atoms with E-state index >= 15 is 0 Å². The molecule has 0 aliphatic carbocycles. The van der Waals surface area contributed by atoms with Crippen molar-refractivity contribution in [3.8, 4) is 5.69 Å². The maximum atomic E-state index is 2.43. The van der Waals surface area contributed by atoms with E-state index in [2.05, 4.69) is 179 Å². The molecule has 10 aromatic rings. The van der Waals surface area contributed by atoms with Crippen molar-refractivity contribution < 1.29 is 0 Å². The van der Waals surface area contributed by atoms with Gasteiger partial charge in [-0.3, -0.25) is 0 Å². The minimum atomic E-state index is 0.232. The van der Waals surface area contributed by atoms with E-state index in [1.54, 1.807) is 0 Å². The quantitative estimate of drug-likeness (QED) is 0.170. The van der Waals surface area contributed by atoms with E-state index in [1.165, 1.54) is 68.3 Å². The molecule has 2 nitrogen and oxygen atoms in total. The van der Waals surface area contributed by atoms with E-state index in [4.69, 9.17) is 0 Å². The Morgan fingerprint density at radius 1 is 0.383 bits per heavy atom. The predicted molar refractivity (Wildman–Crippen MR) is 202 cm³/mol. The minimum absolute atomic E-state index is 0.232. The van der Waals surface area contributed by atoms with E-state index in [0.717, 1.165) is 17.1 Å². The third-order valence-corrected chi connectivity index (χ3v) is 12.0. The average Bonchev–Trinajstić information content (AvgIpc) is 3.66. The van der Waals surface area contributed by atoms with Crippen LogP contribution < -0.4 is 4.90 Å². The summed E-state index contributed by atoms with van der Waals surface area (Å²) in [4.78, 5) is 2.42. The van der Waals surface area contributed by atoms with Gasteiger partial charge in [0.2, 0.25) is 0 Å². The summed E-state index contributed by atoms with van der Waals surface area (Å²) in [6.45, 7) is 0. The molecule has 8 aromatic carbocycles. The second-order valence-electron chi connectivity index (χ2n) is 12.2. The normalized spacial score (nSPS) is 11.8. The fourth-order valence-electron chi connectivity index (χ4n) is 7.34. The van der Waals surface area contributed by atoms with Crippen LogP contribution in [0.15, 0.2) is 170 Å². The van der Waals surface area contributed by atoms with Gasteiger partial charge in [-0.1, -0.05) is 12.1 Å². The first-order valence-electron chi connectivity index (χ1n) is 16.0. The maximum absolute atomic E-state index is 2.43. The van der Waals surface area contributed by atoms with Gasteiger partial charge in [0, 0.05) is 0 Å². The number of aromatic nitrogens is 1. The van der Waals surface area contributed by atoms with Crippen molar-refractivity contribution in [3.63, 3.8) is 0 Å². The molecule has 220 valence electrons. The van der Waals surface area contributed by atoms with Crippen molar-refractivity contribution >= 4 is 94.2 Å². The summed E-state index contributed by atoms with van der Waals surface area (Å²) in [5.41, 5.74) is 7.05. The van der Waals surface area contributed by atoms with Crippen LogP contribution in [0.5, 0.6) is 0 Å². The van der Waals surface area contributed by atoms with Crippen LogP contribution in [0.4, 0.5) is 17.1 Å². The van der Waals surface area contributed by atoms with Crippen LogP contribution in [0, 0.1) is 0 Å². The van der Waals surface area contributed by atoms with E-state index in [1.807, 2.05) is 0 Å². The fourth-order valence-corrected chi connectivity index (χ4v) is 10.0. The van der Waals surface area contributed by atoms with Gasteiger partial charge in [0.25, 0.3) is 0 Å². The van der Waals surface area contributed by atoms with Crippen LogP contribution in [0.25, 0.3) is 68.3 Å². The Kier molecular flexibility index (Phi) is 5.92. The molecule has 0 bridgehead atoms. The van der Waals surface area contributed by atoms with Crippen LogP contribution in [0.2, 0.25) is 0 Å². The molecule has 0 radical (unpaired) electrons. The molecule has 0 unspecified atom stereocenters. The summed E-state index contributed by atoms with van der Waals surface area (Å²) in [5.74, 6) is 0. The van der Waals surface area contributed by atoms with Gasteiger partial charge >= 0.3 is 267 Å². The zero-order valence-corrected chi connectivity index (χ0v) is 27.2. The van der Waals surface area contributed by atoms with Crippen LogP contribution in [-0.4, -0.2) is 19.1 Å². The first-order chi connectivity index (χ1) is 23.3. The number of para-hydroxylation sites is 2. The Labute approximate surface area is 278 Å². The summed E-state index contributed by atoms with van der Waals surface area (Å²) in [5, 5.41) is 10.5. The van der Waals surface area contributed by atoms with Crippen molar-refractivity contribution in [3.05, 3.63) is 170 Å². The summed E-state index contributed by atoms with van der Waals surface area (Å²) >= 11 is 0.232. The van der Waals surface area contributed by atoms with Crippen molar-refractivity contribution in [1.29, 1.82) is 0 Å². The van der Waals surface area contributed by atoms with Crippen molar-refractivity contribution in [1.82, 2.24) is 4.57 Å². The van der Waals surface area contributed by atoms with Gasteiger partial charge < -0.3 is 0 Å². The van der Waals surface area contributed by atoms with Gasteiger partial charge in [-0.15, -0.1) is 0 Å². The van der Waals surface area contributed by atoms with Gasteiger partial charge in [0.1, 0.15) is 0 Å². The van der Waals surface area contributed by atoms with Crippen molar-refractivity contribution in [2.24, 2.45) is 0 Å². The number of benzene rings is 8. The Morgan fingerprint density at radius 2 is 1.00 bits per heavy atom. The van der Waals surface area contributed by atoms with Crippen LogP contribution >= 0.6 is 0 Å². The molecule has 0 fully saturated rings. The number of hydrogen-bond donors (Lipinski definition) is 0. The molecular formula is C44H28N2Se. The Morgan fingerprint density at radius 3 is 1.81 bits per heavy atom. The molecule has 2 aromatic heterocycles. The zero-order valence-electron chi connectivity index (χ0n) is 25.5. The molecule has 2 heterocycles. The van der Waals surface area contributed by atoms with E-state index in [0.29, 0.717) is 0 Å². The SMILES string of the molecule is c1ccc(N(c2ccc3c(c2)[se]c2c4ccccc4ccc32)c2ccc3c4cc5ccccc5cc4n(-c4ccccc4)c3c2)cc1. The molecule has 0 atom stereocenters. The van der Waals surface area contributed by atoms with Gasteiger partial charge in [-0.2, -0.15) is 0 Å². The molecule has 0 aliphatic rings. The van der Waals surface area contributed by atoms with Crippen LogP contribution in [-0.2, 0) is 0 Å². The first kappa shape index (κ1) is 26.6. The molecule has 0 N–H and O–H groups in total. The molecule has 0 spiro atoms. The number of nitrogens with zero attached hydrogens (tertiary/aromatic N) is 2. The average molecular weight is 664 g/mol. The molecule has 3 heteroatoms. The van der Waals surface area contributed by atoms with Crippen molar-refractivity contribution in [2.75, 3.05) is 4.90 Å². The number of anilines is 3. The standard InChI is InChI=1S/C44H28N2Se/c1-3-14-32(15-4-1)45(35-21-24-38-39-22-19-29-11-9-10-18-36(29)44(39)47-43(38)28-35)34-20-23-37-40-25-30-12-7-8-13-31(30)26-41(40)46(42(37)27-34)33-16-5-2-6-17-33/h1-28H. The molecule has 10 rings (SSSR count). The molecule has 47 heavy (non-hydrogen) atoms. The van der Waals surface area contributed by atoms with E-state index in [-0.39, 0.29) is 14.5 Å². The summed E-state index contributed by atoms with van der Waals surface area (Å²) in [6.07, 6.45) is 0. The number of rotatable bonds is 4. The molecular weight excluding hydrogens is 635 g/mol. The second-order valence-corrected chi connectivity index (χ2v) is 14.4. The van der Waals surface area contributed by atoms with Gasteiger partial charge in [0.05, 0.1) is 0 Å². The Bertz CT molecular complexity index is 2790. The molecule has 0 amide bonds. The number of fused-ring (bicyclic) bond motifs is 9. The van der Waals surface area contributed by atoms with E-state index < -0.39 is 0 Å². The topological polar surface area (TPSA) is 8.17 Å². The summed E-state index contributed by atoms with van der Waals surface area (Å²) < 4.78 is 5.36. The summed E-state index contributed by atoms with van der Waals surface area (Å²) in [7, 11) is 0. The van der Waals surface area contributed by atoms with Crippen LogP contribution in [0.3, 0.4) is 0 Å². The third-order valence-electron chi connectivity index (χ3n) is 9.51. The van der Waals surface area contributed by atoms with Gasteiger partial charge in [-0.25, -0.2) is 0 Å². The predicted octanol–water partition coefficient (Wildman–Crippen LogP) is 11.9. The van der Waals surface area contributed by atoms with Gasteiger partial charge in [0.15, 0.2) is 0 Å². The number of hydrogen-bond acceptors (Lipinski definition) is 1. The molecule has 0 saturated heterocycles. The third kappa shape index (κ3) is 4.18. The monoisotopic (exact) mass is 664 g/mol.